The Morgan fingerprint density at radius 2 is 1.86 bits per heavy atom. The number of rotatable bonds is 10. The van der Waals surface area contributed by atoms with Gasteiger partial charge in [-0.2, -0.15) is 0 Å². The summed E-state index contributed by atoms with van der Waals surface area (Å²) in [6, 6.07) is 0. The zero-order chi connectivity index (χ0) is 15.8. The number of hydrogen-bond acceptors (Lipinski definition) is 1. The fraction of sp³-hybridized carbons (Fsp3) is 0.632. The number of hydrogen-bond donors (Lipinski definition) is 1. The summed E-state index contributed by atoms with van der Waals surface area (Å²) in [4.78, 5) is 10.3. The smallest absolute Gasteiger partial charge is 0.303 e. The fourth-order valence-corrected chi connectivity index (χ4v) is 1.82. The SMILES string of the molecule is CC(C)CCCCCCC=CC#CC#CCCCC(=O)O. The Morgan fingerprint density at radius 1 is 1.10 bits per heavy atom. The van der Waals surface area contributed by atoms with E-state index in [0.717, 1.165) is 12.3 Å². The fourth-order valence-electron chi connectivity index (χ4n) is 1.82. The van der Waals surface area contributed by atoms with Crippen molar-refractivity contribution in [2.24, 2.45) is 5.92 Å². The molecule has 1 N–H and O–H groups in total. The lowest BCUT2D eigenvalue weighted by atomic mass is 10.0. The molecule has 0 amide bonds. The van der Waals surface area contributed by atoms with Crippen LogP contribution in [0.25, 0.3) is 0 Å². The van der Waals surface area contributed by atoms with Crippen molar-refractivity contribution < 1.29 is 9.90 Å². The highest BCUT2D eigenvalue weighted by atomic mass is 16.4. The van der Waals surface area contributed by atoms with E-state index < -0.39 is 5.97 Å². The molecule has 0 saturated carbocycles. The Kier molecular flexibility index (Phi) is 13.6. The Bertz CT molecular complexity index is 410. The number of carboxylic acid groups (broad SMARTS) is 1. The van der Waals surface area contributed by atoms with Crippen LogP contribution in [0.5, 0.6) is 0 Å². The van der Waals surface area contributed by atoms with E-state index in [-0.39, 0.29) is 6.42 Å². The van der Waals surface area contributed by atoms with E-state index in [0.29, 0.717) is 12.8 Å². The molecule has 0 aliphatic carbocycles. The van der Waals surface area contributed by atoms with Crippen molar-refractivity contribution in [3.8, 4) is 23.7 Å². The minimum absolute atomic E-state index is 0.180. The molecular weight excluding hydrogens is 260 g/mol. The van der Waals surface area contributed by atoms with Gasteiger partial charge in [-0.1, -0.05) is 57.4 Å². The quantitative estimate of drug-likeness (QED) is 0.463. The molecule has 0 bridgehead atoms. The lowest BCUT2D eigenvalue weighted by molar-refractivity contribution is -0.137. The molecule has 0 radical (unpaired) electrons. The first kappa shape index (κ1) is 19.3. The van der Waals surface area contributed by atoms with Crippen LogP contribution >= 0.6 is 0 Å². The molecule has 0 heterocycles. The van der Waals surface area contributed by atoms with E-state index in [4.69, 9.17) is 5.11 Å². The van der Waals surface area contributed by atoms with Gasteiger partial charge in [0.1, 0.15) is 0 Å². The van der Waals surface area contributed by atoms with E-state index in [1.54, 1.807) is 0 Å². The first-order valence-corrected chi connectivity index (χ1v) is 7.98. The molecule has 0 unspecified atom stereocenters. The third kappa shape index (κ3) is 18.3. The largest absolute Gasteiger partial charge is 0.481 e. The van der Waals surface area contributed by atoms with Crippen molar-refractivity contribution in [2.75, 3.05) is 0 Å². The summed E-state index contributed by atoms with van der Waals surface area (Å²) in [5.41, 5.74) is 0. The second-order valence-electron chi connectivity index (χ2n) is 5.61. The summed E-state index contributed by atoms with van der Waals surface area (Å²) < 4.78 is 0. The van der Waals surface area contributed by atoms with Crippen molar-refractivity contribution in [2.45, 2.75) is 71.6 Å². The summed E-state index contributed by atoms with van der Waals surface area (Å²) in [6.45, 7) is 4.55. The monoisotopic (exact) mass is 288 g/mol. The third-order valence-electron chi connectivity index (χ3n) is 3.02. The standard InChI is InChI=1S/C19H28O2/c1-18(2)16-14-12-10-8-6-4-3-5-7-9-11-13-15-17-19(20)21/h3-4,18H,6,8,10,12-17H2,1-2H3,(H,20,21). The highest BCUT2D eigenvalue weighted by molar-refractivity contribution is 5.66. The number of carbonyl (C=O) groups is 1. The van der Waals surface area contributed by atoms with Crippen LogP contribution < -0.4 is 0 Å². The van der Waals surface area contributed by atoms with Crippen LogP contribution in [0.1, 0.15) is 71.6 Å². The Hall–Kier alpha value is -1.67. The summed E-state index contributed by atoms with van der Waals surface area (Å²) in [6.07, 6.45) is 13.0. The lowest BCUT2D eigenvalue weighted by Crippen LogP contribution is -1.92. The van der Waals surface area contributed by atoms with Crippen LogP contribution in [0.4, 0.5) is 0 Å². The maximum atomic E-state index is 10.3. The summed E-state index contributed by atoms with van der Waals surface area (Å²) in [5, 5.41) is 8.44. The van der Waals surface area contributed by atoms with Crippen molar-refractivity contribution in [1.82, 2.24) is 0 Å². The normalized spacial score (nSPS) is 10.0. The minimum Gasteiger partial charge on any atom is -0.481 e. The van der Waals surface area contributed by atoms with E-state index >= 15 is 0 Å². The maximum absolute atomic E-state index is 10.3. The zero-order valence-corrected chi connectivity index (χ0v) is 13.5. The first-order chi connectivity index (χ1) is 10.1. The second-order valence-corrected chi connectivity index (χ2v) is 5.61. The van der Waals surface area contributed by atoms with Gasteiger partial charge in [-0.3, -0.25) is 4.79 Å². The molecule has 0 aromatic rings. The van der Waals surface area contributed by atoms with Gasteiger partial charge in [0.05, 0.1) is 0 Å². The molecule has 0 rings (SSSR count). The summed E-state index contributed by atoms with van der Waals surface area (Å²) >= 11 is 0. The van der Waals surface area contributed by atoms with Crippen LogP contribution in [0.15, 0.2) is 12.2 Å². The van der Waals surface area contributed by atoms with E-state index in [1.807, 2.05) is 6.08 Å². The van der Waals surface area contributed by atoms with Gasteiger partial charge in [0.25, 0.3) is 0 Å². The Balaban J connectivity index is 3.45. The summed E-state index contributed by atoms with van der Waals surface area (Å²) in [7, 11) is 0. The number of aliphatic carboxylic acids is 1. The van der Waals surface area contributed by atoms with Crippen molar-refractivity contribution in [3.05, 3.63) is 12.2 Å². The van der Waals surface area contributed by atoms with Gasteiger partial charge < -0.3 is 5.11 Å². The number of carboxylic acids is 1. The van der Waals surface area contributed by atoms with Gasteiger partial charge in [0, 0.05) is 12.8 Å². The molecule has 0 atom stereocenters. The minimum atomic E-state index is -0.768. The summed E-state index contributed by atoms with van der Waals surface area (Å²) in [5.74, 6) is 11.3. The first-order valence-electron chi connectivity index (χ1n) is 7.98. The molecule has 0 aliphatic heterocycles. The number of allylic oxidation sites excluding steroid dienone is 2. The van der Waals surface area contributed by atoms with Crippen molar-refractivity contribution in [3.63, 3.8) is 0 Å². The molecule has 2 nitrogen and oxygen atoms in total. The molecule has 0 aromatic carbocycles. The molecular formula is C19H28O2. The van der Waals surface area contributed by atoms with Crippen LogP contribution in [0, 0.1) is 29.6 Å². The molecule has 21 heavy (non-hydrogen) atoms. The topological polar surface area (TPSA) is 37.3 Å². The van der Waals surface area contributed by atoms with Crippen LogP contribution in [-0.4, -0.2) is 11.1 Å². The van der Waals surface area contributed by atoms with Crippen LogP contribution in [0.3, 0.4) is 0 Å². The zero-order valence-electron chi connectivity index (χ0n) is 13.5. The highest BCUT2D eigenvalue weighted by Crippen LogP contribution is 2.10. The molecule has 0 aromatic heterocycles. The maximum Gasteiger partial charge on any atom is 0.303 e. The average Bonchev–Trinajstić information content (AvgIpc) is 2.42. The van der Waals surface area contributed by atoms with Crippen LogP contribution in [0.2, 0.25) is 0 Å². The average molecular weight is 288 g/mol. The highest BCUT2D eigenvalue weighted by Gasteiger charge is 1.93. The Morgan fingerprint density at radius 3 is 2.57 bits per heavy atom. The molecule has 0 saturated heterocycles. The third-order valence-corrected chi connectivity index (χ3v) is 3.02. The van der Waals surface area contributed by atoms with E-state index in [1.165, 1.54) is 32.1 Å². The van der Waals surface area contributed by atoms with Gasteiger partial charge in [-0.05, 0) is 43.1 Å². The van der Waals surface area contributed by atoms with Gasteiger partial charge in [0.15, 0.2) is 0 Å². The molecule has 2 heteroatoms. The van der Waals surface area contributed by atoms with Gasteiger partial charge >= 0.3 is 5.97 Å². The molecule has 0 fully saturated rings. The van der Waals surface area contributed by atoms with Gasteiger partial charge in [-0.15, -0.1) is 0 Å². The number of unbranched alkanes of at least 4 members (excludes halogenated alkanes) is 5. The van der Waals surface area contributed by atoms with E-state index in [2.05, 4.69) is 43.6 Å². The van der Waals surface area contributed by atoms with Crippen molar-refractivity contribution in [1.29, 1.82) is 0 Å². The predicted molar refractivity (Wildman–Crippen MR) is 88.7 cm³/mol. The van der Waals surface area contributed by atoms with Gasteiger partial charge in [0.2, 0.25) is 0 Å². The Labute approximate surface area is 130 Å². The predicted octanol–water partition coefficient (Wildman–Crippen LogP) is 4.80. The van der Waals surface area contributed by atoms with Crippen molar-refractivity contribution >= 4 is 5.97 Å². The lowest BCUT2D eigenvalue weighted by Gasteiger charge is -2.02. The molecule has 116 valence electrons. The van der Waals surface area contributed by atoms with Gasteiger partial charge in [-0.25, -0.2) is 0 Å². The molecule has 0 spiro atoms. The van der Waals surface area contributed by atoms with Crippen LogP contribution in [-0.2, 0) is 4.79 Å². The second kappa shape index (κ2) is 14.7. The molecule has 0 aliphatic rings. The van der Waals surface area contributed by atoms with E-state index in [9.17, 15) is 4.79 Å².